The summed E-state index contributed by atoms with van der Waals surface area (Å²) >= 11 is 0. The van der Waals surface area contributed by atoms with Crippen LogP contribution in [-0.4, -0.2) is 9.97 Å². The van der Waals surface area contributed by atoms with Gasteiger partial charge >= 0.3 is 0 Å². The topological polar surface area (TPSA) is 38.9 Å². The number of fused-ring (bicyclic) bond motifs is 3. The first-order chi connectivity index (χ1) is 15.8. The molecular formula is C29H20N2O. The highest BCUT2D eigenvalue weighted by atomic mass is 16.3. The molecule has 0 aliphatic rings. The number of hydrogen-bond acceptors (Lipinski definition) is 3. The minimum Gasteiger partial charge on any atom is -0.456 e. The molecule has 0 saturated heterocycles. The predicted octanol–water partition coefficient (Wildman–Crippen LogP) is 7.69. The highest BCUT2D eigenvalue weighted by Crippen LogP contribution is 2.37. The molecule has 3 nitrogen and oxygen atoms in total. The Morgan fingerprint density at radius 1 is 0.594 bits per heavy atom. The highest BCUT2D eigenvalue weighted by molar-refractivity contribution is 6.12. The van der Waals surface area contributed by atoms with Gasteiger partial charge in [0, 0.05) is 27.6 Å². The summed E-state index contributed by atoms with van der Waals surface area (Å²) in [4.78, 5) is 9.46. The Morgan fingerprint density at radius 2 is 1.31 bits per heavy atom. The second-order valence-corrected chi connectivity index (χ2v) is 7.94. The first kappa shape index (κ1) is 18.5. The smallest absolute Gasteiger partial charge is 0.160 e. The summed E-state index contributed by atoms with van der Waals surface area (Å²) in [5, 5.41) is 2.29. The van der Waals surface area contributed by atoms with Gasteiger partial charge in [0.25, 0.3) is 0 Å². The van der Waals surface area contributed by atoms with E-state index in [1.807, 2.05) is 67.6 Å². The number of aryl methyl sites for hydroxylation is 1. The van der Waals surface area contributed by atoms with Gasteiger partial charge in [-0.3, -0.25) is 0 Å². The lowest BCUT2D eigenvalue weighted by molar-refractivity contribution is 0.669. The summed E-state index contributed by atoms with van der Waals surface area (Å²) in [6, 6.07) is 35.1. The van der Waals surface area contributed by atoms with Gasteiger partial charge in [-0.2, -0.15) is 0 Å². The van der Waals surface area contributed by atoms with Crippen molar-refractivity contribution < 1.29 is 4.42 Å². The van der Waals surface area contributed by atoms with Crippen LogP contribution in [0.2, 0.25) is 0 Å². The molecule has 0 saturated carbocycles. The van der Waals surface area contributed by atoms with Crippen LogP contribution < -0.4 is 0 Å². The fraction of sp³-hybridized carbons (Fsp3) is 0.0345. The third-order valence-corrected chi connectivity index (χ3v) is 5.78. The first-order valence-electron chi connectivity index (χ1n) is 10.7. The van der Waals surface area contributed by atoms with E-state index in [1.54, 1.807) is 0 Å². The average Bonchev–Trinajstić information content (AvgIpc) is 3.23. The Bertz CT molecular complexity index is 1560. The fourth-order valence-electron chi connectivity index (χ4n) is 4.27. The molecule has 2 heterocycles. The van der Waals surface area contributed by atoms with E-state index >= 15 is 0 Å². The predicted molar refractivity (Wildman–Crippen MR) is 130 cm³/mol. The largest absolute Gasteiger partial charge is 0.456 e. The van der Waals surface area contributed by atoms with Crippen LogP contribution in [-0.2, 0) is 0 Å². The number of benzene rings is 4. The van der Waals surface area contributed by atoms with Crippen molar-refractivity contribution >= 4 is 21.9 Å². The summed E-state index contributed by atoms with van der Waals surface area (Å²) in [6.45, 7) is 2.01. The maximum atomic E-state index is 6.06. The van der Waals surface area contributed by atoms with Crippen molar-refractivity contribution in [2.75, 3.05) is 0 Å². The summed E-state index contributed by atoms with van der Waals surface area (Å²) in [5.74, 6) is 0.749. The van der Waals surface area contributed by atoms with Gasteiger partial charge in [-0.15, -0.1) is 0 Å². The Labute approximate surface area is 186 Å². The van der Waals surface area contributed by atoms with Crippen LogP contribution >= 0.6 is 0 Å². The summed E-state index contributed by atoms with van der Waals surface area (Å²) in [6.07, 6.45) is 0. The summed E-state index contributed by atoms with van der Waals surface area (Å²) < 4.78 is 6.06. The third kappa shape index (κ3) is 3.15. The normalized spacial score (nSPS) is 11.3. The van der Waals surface area contributed by atoms with Crippen LogP contribution in [0.3, 0.4) is 0 Å². The Balaban J connectivity index is 1.44. The van der Waals surface area contributed by atoms with Gasteiger partial charge < -0.3 is 4.42 Å². The molecule has 3 heteroatoms. The fourth-order valence-corrected chi connectivity index (χ4v) is 4.27. The van der Waals surface area contributed by atoms with Crippen molar-refractivity contribution in [2.45, 2.75) is 6.92 Å². The molecule has 0 fully saturated rings. The Kier molecular flexibility index (Phi) is 4.32. The standard InChI is InChI=1S/C29H20N2O/c1-19-18-25(31-29(30-19)22-8-3-2-4-9-22)21-16-14-20(15-17-21)23-11-7-13-27-28(23)24-10-5-6-12-26(24)32-27/h2-18H,1H3. The van der Waals surface area contributed by atoms with Gasteiger partial charge in [-0.05, 0) is 36.2 Å². The van der Waals surface area contributed by atoms with Gasteiger partial charge in [0.1, 0.15) is 11.2 Å². The van der Waals surface area contributed by atoms with Crippen molar-refractivity contribution in [3.8, 4) is 33.8 Å². The number of aromatic nitrogens is 2. The van der Waals surface area contributed by atoms with E-state index in [0.717, 1.165) is 55.8 Å². The second kappa shape index (κ2) is 7.47. The highest BCUT2D eigenvalue weighted by Gasteiger charge is 2.12. The van der Waals surface area contributed by atoms with E-state index < -0.39 is 0 Å². The van der Waals surface area contributed by atoms with Gasteiger partial charge in [-0.25, -0.2) is 9.97 Å². The monoisotopic (exact) mass is 412 g/mol. The van der Waals surface area contributed by atoms with Crippen LogP contribution in [0.25, 0.3) is 55.7 Å². The van der Waals surface area contributed by atoms with Crippen LogP contribution in [0, 0.1) is 6.92 Å². The van der Waals surface area contributed by atoms with Gasteiger partial charge in [-0.1, -0.05) is 84.9 Å². The Hall–Kier alpha value is -4.24. The number of hydrogen-bond donors (Lipinski definition) is 0. The molecule has 0 radical (unpaired) electrons. The quantitative estimate of drug-likeness (QED) is 0.299. The lowest BCUT2D eigenvalue weighted by Crippen LogP contribution is -1.95. The molecule has 0 aliphatic heterocycles. The molecule has 0 bridgehead atoms. The van der Waals surface area contributed by atoms with Crippen molar-refractivity contribution in [1.82, 2.24) is 9.97 Å². The minimum absolute atomic E-state index is 0.749. The molecular weight excluding hydrogens is 392 g/mol. The lowest BCUT2D eigenvalue weighted by atomic mass is 9.98. The zero-order valence-corrected chi connectivity index (χ0v) is 17.6. The lowest BCUT2D eigenvalue weighted by Gasteiger charge is -2.08. The van der Waals surface area contributed by atoms with E-state index in [1.165, 1.54) is 5.56 Å². The van der Waals surface area contributed by atoms with Gasteiger partial charge in [0.05, 0.1) is 5.69 Å². The van der Waals surface area contributed by atoms with Crippen LogP contribution in [0.1, 0.15) is 5.69 Å². The summed E-state index contributed by atoms with van der Waals surface area (Å²) in [5.41, 5.74) is 8.11. The van der Waals surface area contributed by atoms with Crippen LogP contribution in [0.15, 0.2) is 108 Å². The number of furan rings is 1. The zero-order valence-electron chi connectivity index (χ0n) is 17.6. The van der Waals surface area contributed by atoms with E-state index in [2.05, 4.69) is 47.4 Å². The molecule has 0 unspecified atom stereocenters. The molecule has 152 valence electrons. The van der Waals surface area contributed by atoms with E-state index in [9.17, 15) is 0 Å². The summed E-state index contributed by atoms with van der Waals surface area (Å²) in [7, 11) is 0. The van der Waals surface area contributed by atoms with E-state index in [4.69, 9.17) is 9.40 Å². The molecule has 0 N–H and O–H groups in total. The number of rotatable bonds is 3. The number of nitrogens with zero attached hydrogens (tertiary/aromatic N) is 2. The van der Waals surface area contributed by atoms with Crippen molar-refractivity contribution in [1.29, 1.82) is 0 Å². The first-order valence-corrected chi connectivity index (χ1v) is 10.7. The van der Waals surface area contributed by atoms with E-state index in [-0.39, 0.29) is 0 Å². The number of para-hydroxylation sites is 1. The average molecular weight is 412 g/mol. The third-order valence-electron chi connectivity index (χ3n) is 5.78. The maximum absolute atomic E-state index is 6.06. The Morgan fingerprint density at radius 3 is 2.16 bits per heavy atom. The van der Waals surface area contributed by atoms with Crippen LogP contribution in [0.5, 0.6) is 0 Å². The molecule has 32 heavy (non-hydrogen) atoms. The van der Waals surface area contributed by atoms with Gasteiger partial charge in [0.2, 0.25) is 0 Å². The van der Waals surface area contributed by atoms with Crippen molar-refractivity contribution in [3.63, 3.8) is 0 Å². The molecule has 0 amide bonds. The van der Waals surface area contributed by atoms with Crippen molar-refractivity contribution in [3.05, 3.63) is 109 Å². The molecule has 0 spiro atoms. The molecule has 6 rings (SSSR count). The molecule has 4 aromatic carbocycles. The maximum Gasteiger partial charge on any atom is 0.160 e. The second-order valence-electron chi connectivity index (χ2n) is 7.94. The molecule has 2 aromatic heterocycles. The molecule has 0 aliphatic carbocycles. The molecule has 0 atom stereocenters. The van der Waals surface area contributed by atoms with Gasteiger partial charge in [0.15, 0.2) is 5.82 Å². The minimum atomic E-state index is 0.749. The zero-order chi connectivity index (χ0) is 21.5. The van der Waals surface area contributed by atoms with Crippen LogP contribution in [0.4, 0.5) is 0 Å². The van der Waals surface area contributed by atoms with Crippen molar-refractivity contribution in [2.24, 2.45) is 0 Å². The SMILES string of the molecule is Cc1cc(-c2ccc(-c3cccc4oc5ccccc5c34)cc2)nc(-c2ccccc2)n1. The molecule has 6 aromatic rings. The van der Waals surface area contributed by atoms with E-state index in [0.29, 0.717) is 0 Å².